The highest BCUT2D eigenvalue weighted by molar-refractivity contribution is 6.30. The van der Waals surface area contributed by atoms with Gasteiger partial charge in [0.05, 0.1) is 6.61 Å². The van der Waals surface area contributed by atoms with Crippen LogP contribution in [-0.2, 0) is 16.1 Å². The van der Waals surface area contributed by atoms with Gasteiger partial charge < -0.3 is 15.0 Å². The molecule has 0 radical (unpaired) electrons. The number of hydrogen-bond donors (Lipinski definition) is 1. The monoisotopic (exact) mass is 430 g/mol. The van der Waals surface area contributed by atoms with Crippen molar-refractivity contribution < 1.29 is 14.3 Å². The van der Waals surface area contributed by atoms with E-state index >= 15 is 0 Å². The first-order chi connectivity index (χ1) is 14.4. The van der Waals surface area contributed by atoms with Gasteiger partial charge in [0, 0.05) is 24.0 Å². The molecule has 0 aliphatic rings. The van der Waals surface area contributed by atoms with Gasteiger partial charge in [-0.3, -0.25) is 9.59 Å². The molecule has 0 saturated heterocycles. The second kappa shape index (κ2) is 12.2. The van der Waals surface area contributed by atoms with Crippen LogP contribution in [0.2, 0.25) is 5.02 Å². The van der Waals surface area contributed by atoms with Crippen LogP contribution in [0.4, 0.5) is 0 Å². The molecule has 5 nitrogen and oxygen atoms in total. The molecule has 30 heavy (non-hydrogen) atoms. The SMILES string of the molecule is CC[C@H](C)NC(=O)[C@H](C)N(Cc1cccc(Cl)c1)C(=O)CCCOc1ccccc1. The number of halogens is 1. The minimum atomic E-state index is -0.583. The van der Waals surface area contributed by atoms with Gasteiger partial charge >= 0.3 is 0 Å². The van der Waals surface area contributed by atoms with Crippen molar-refractivity contribution in [2.75, 3.05) is 6.61 Å². The van der Waals surface area contributed by atoms with E-state index in [1.165, 1.54) is 0 Å². The molecule has 0 aliphatic heterocycles. The number of para-hydroxylation sites is 1. The number of nitrogens with zero attached hydrogens (tertiary/aromatic N) is 1. The smallest absolute Gasteiger partial charge is 0.242 e. The summed E-state index contributed by atoms with van der Waals surface area (Å²) in [7, 11) is 0. The summed E-state index contributed by atoms with van der Waals surface area (Å²) in [5, 5.41) is 3.57. The third-order valence-electron chi connectivity index (χ3n) is 4.96. The summed E-state index contributed by atoms with van der Waals surface area (Å²) in [4.78, 5) is 27.3. The number of benzene rings is 2. The molecular weight excluding hydrogens is 400 g/mol. The second-order valence-electron chi connectivity index (χ2n) is 7.41. The third kappa shape index (κ3) is 7.71. The average molecular weight is 431 g/mol. The Hall–Kier alpha value is -2.53. The third-order valence-corrected chi connectivity index (χ3v) is 5.19. The fourth-order valence-electron chi connectivity index (χ4n) is 2.95. The zero-order chi connectivity index (χ0) is 21.9. The highest BCUT2D eigenvalue weighted by Crippen LogP contribution is 2.16. The van der Waals surface area contributed by atoms with Gasteiger partial charge in [-0.25, -0.2) is 0 Å². The Morgan fingerprint density at radius 3 is 2.50 bits per heavy atom. The largest absolute Gasteiger partial charge is 0.494 e. The van der Waals surface area contributed by atoms with Gasteiger partial charge in [0.1, 0.15) is 11.8 Å². The van der Waals surface area contributed by atoms with E-state index in [9.17, 15) is 9.59 Å². The predicted molar refractivity (Wildman–Crippen MR) is 121 cm³/mol. The second-order valence-corrected chi connectivity index (χ2v) is 7.85. The van der Waals surface area contributed by atoms with E-state index in [-0.39, 0.29) is 17.9 Å². The van der Waals surface area contributed by atoms with Gasteiger partial charge in [-0.2, -0.15) is 0 Å². The lowest BCUT2D eigenvalue weighted by Gasteiger charge is -2.30. The first-order valence-corrected chi connectivity index (χ1v) is 10.8. The van der Waals surface area contributed by atoms with E-state index in [0.717, 1.165) is 17.7 Å². The first kappa shape index (κ1) is 23.7. The Kier molecular flexibility index (Phi) is 9.68. The molecule has 0 bridgehead atoms. The normalized spacial score (nSPS) is 12.7. The zero-order valence-electron chi connectivity index (χ0n) is 17.9. The molecule has 6 heteroatoms. The van der Waals surface area contributed by atoms with E-state index in [1.54, 1.807) is 17.9 Å². The lowest BCUT2D eigenvalue weighted by molar-refractivity contribution is -0.141. The van der Waals surface area contributed by atoms with Crippen molar-refractivity contribution in [1.82, 2.24) is 10.2 Å². The minimum absolute atomic E-state index is 0.0577. The molecule has 2 rings (SSSR count). The van der Waals surface area contributed by atoms with Gasteiger partial charge in [0.2, 0.25) is 11.8 Å². The average Bonchev–Trinajstić information content (AvgIpc) is 2.75. The van der Waals surface area contributed by atoms with Crippen molar-refractivity contribution in [3.63, 3.8) is 0 Å². The number of carbonyl (C=O) groups is 2. The summed E-state index contributed by atoms with van der Waals surface area (Å²) in [6, 6.07) is 16.3. The number of ether oxygens (including phenoxy) is 1. The van der Waals surface area contributed by atoms with Crippen LogP contribution in [0.25, 0.3) is 0 Å². The van der Waals surface area contributed by atoms with Gasteiger partial charge in [-0.1, -0.05) is 48.9 Å². The first-order valence-electron chi connectivity index (χ1n) is 10.4. The number of hydrogen-bond acceptors (Lipinski definition) is 3. The van der Waals surface area contributed by atoms with Crippen LogP contribution in [0.1, 0.15) is 45.6 Å². The van der Waals surface area contributed by atoms with Gasteiger partial charge in [-0.15, -0.1) is 0 Å². The maximum Gasteiger partial charge on any atom is 0.242 e. The van der Waals surface area contributed by atoms with Gasteiger partial charge in [0.25, 0.3) is 0 Å². The lowest BCUT2D eigenvalue weighted by atomic mass is 10.1. The van der Waals surface area contributed by atoms with E-state index in [0.29, 0.717) is 31.0 Å². The van der Waals surface area contributed by atoms with E-state index in [2.05, 4.69) is 5.32 Å². The van der Waals surface area contributed by atoms with Crippen molar-refractivity contribution in [2.45, 2.75) is 58.7 Å². The summed E-state index contributed by atoms with van der Waals surface area (Å²) in [5.41, 5.74) is 0.888. The van der Waals surface area contributed by atoms with Gasteiger partial charge in [-0.05, 0) is 56.5 Å². The number of carbonyl (C=O) groups excluding carboxylic acids is 2. The lowest BCUT2D eigenvalue weighted by Crippen LogP contribution is -2.49. The predicted octanol–water partition coefficient (Wildman–Crippen LogP) is 4.83. The summed E-state index contributed by atoms with van der Waals surface area (Å²) in [5.74, 6) is 0.542. The van der Waals surface area contributed by atoms with Crippen LogP contribution >= 0.6 is 11.6 Å². The highest BCUT2D eigenvalue weighted by atomic mass is 35.5. The molecule has 2 aromatic rings. The Balaban J connectivity index is 2.01. The Labute approximate surface area is 184 Å². The van der Waals surface area contributed by atoms with Crippen LogP contribution in [0, 0.1) is 0 Å². The molecule has 162 valence electrons. The molecule has 2 amide bonds. The maximum absolute atomic E-state index is 13.0. The van der Waals surface area contributed by atoms with Crippen molar-refractivity contribution in [3.05, 3.63) is 65.2 Å². The summed E-state index contributed by atoms with van der Waals surface area (Å²) in [6.45, 7) is 6.49. The molecule has 1 N–H and O–H groups in total. The van der Waals surface area contributed by atoms with Crippen LogP contribution in [0.5, 0.6) is 5.75 Å². The summed E-state index contributed by atoms with van der Waals surface area (Å²) in [6.07, 6.45) is 1.70. The molecule has 0 unspecified atom stereocenters. The standard InChI is InChI=1S/C24H31ClN2O3/c1-4-18(2)26-24(29)19(3)27(17-20-10-8-11-21(25)16-20)23(28)14-9-15-30-22-12-6-5-7-13-22/h5-8,10-13,16,18-19H,4,9,14-15,17H2,1-3H3,(H,26,29)/t18-,19-/m0/s1. The fourth-order valence-corrected chi connectivity index (χ4v) is 3.17. The van der Waals surface area contributed by atoms with Crippen LogP contribution < -0.4 is 10.1 Å². The highest BCUT2D eigenvalue weighted by Gasteiger charge is 2.26. The van der Waals surface area contributed by atoms with Crippen molar-refractivity contribution in [2.24, 2.45) is 0 Å². The van der Waals surface area contributed by atoms with Gasteiger partial charge in [0.15, 0.2) is 0 Å². The van der Waals surface area contributed by atoms with E-state index in [4.69, 9.17) is 16.3 Å². The minimum Gasteiger partial charge on any atom is -0.494 e. The number of nitrogens with one attached hydrogen (secondary N) is 1. The topological polar surface area (TPSA) is 58.6 Å². The quantitative estimate of drug-likeness (QED) is 0.519. The van der Waals surface area contributed by atoms with Crippen LogP contribution in [-0.4, -0.2) is 35.4 Å². The molecule has 2 atom stereocenters. The fraction of sp³-hybridized carbons (Fsp3) is 0.417. The zero-order valence-corrected chi connectivity index (χ0v) is 18.7. The molecule has 0 aliphatic carbocycles. The van der Waals surface area contributed by atoms with Crippen LogP contribution in [0.15, 0.2) is 54.6 Å². The van der Waals surface area contributed by atoms with E-state index in [1.807, 2.05) is 62.4 Å². The number of rotatable bonds is 11. The molecule has 0 heterocycles. The summed E-state index contributed by atoms with van der Waals surface area (Å²) < 4.78 is 5.68. The van der Waals surface area contributed by atoms with E-state index < -0.39 is 6.04 Å². The Morgan fingerprint density at radius 1 is 1.10 bits per heavy atom. The molecular formula is C24H31ClN2O3. The molecule has 2 aromatic carbocycles. The maximum atomic E-state index is 13.0. The van der Waals surface area contributed by atoms with Crippen LogP contribution in [0.3, 0.4) is 0 Å². The molecule has 0 aromatic heterocycles. The Bertz CT molecular complexity index is 813. The molecule has 0 spiro atoms. The van der Waals surface area contributed by atoms with Crippen molar-refractivity contribution >= 4 is 23.4 Å². The van der Waals surface area contributed by atoms with Crippen molar-refractivity contribution in [3.8, 4) is 5.75 Å². The van der Waals surface area contributed by atoms with Crippen molar-refractivity contribution in [1.29, 1.82) is 0 Å². The number of amides is 2. The molecule has 0 fully saturated rings. The summed E-state index contributed by atoms with van der Waals surface area (Å²) >= 11 is 6.10. The Morgan fingerprint density at radius 2 is 1.83 bits per heavy atom. The molecule has 0 saturated carbocycles.